The summed E-state index contributed by atoms with van der Waals surface area (Å²) in [5, 5.41) is 7.50. The van der Waals surface area contributed by atoms with Crippen molar-refractivity contribution < 1.29 is 4.79 Å². The maximum atomic E-state index is 12.8. The molecule has 2 aromatic carbocycles. The highest BCUT2D eigenvalue weighted by Crippen LogP contribution is 2.37. The fourth-order valence-electron chi connectivity index (χ4n) is 3.31. The minimum Gasteiger partial charge on any atom is -0.359 e. The highest BCUT2D eigenvalue weighted by molar-refractivity contribution is 7.16. The van der Waals surface area contributed by atoms with E-state index in [1.54, 1.807) is 17.5 Å². The van der Waals surface area contributed by atoms with Crippen molar-refractivity contribution in [3.05, 3.63) is 112 Å². The topological polar surface area (TPSA) is 54.0 Å². The second-order valence-electron chi connectivity index (χ2n) is 7.16. The number of rotatable bonds is 6. The Bertz CT molecular complexity index is 1120. The molecule has 5 heteroatoms. The lowest BCUT2D eigenvalue weighted by molar-refractivity contribution is 0.102. The molecule has 150 valence electrons. The Morgan fingerprint density at radius 2 is 1.67 bits per heavy atom. The number of nitrogens with one attached hydrogen (secondary N) is 2. The lowest BCUT2D eigenvalue weighted by Gasteiger charge is -2.21. The van der Waals surface area contributed by atoms with E-state index in [0.29, 0.717) is 5.56 Å². The number of benzene rings is 2. The lowest BCUT2D eigenvalue weighted by atomic mass is 9.99. The van der Waals surface area contributed by atoms with Crippen molar-refractivity contribution >= 4 is 28.1 Å². The van der Waals surface area contributed by atoms with E-state index in [-0.39, 0.29) is 11.9 Å². The molecule has 0 aliphatic rings. The molecule has 0 bridgehead atoms. The zero-order valence-electron chi connectivity index (χ0n) is 16.9. The minimum atomic E-state index is -0.142. The second kappa shape index (κ2) is 8.93. The van der Waals surface area contributed by atoms with Gasteiger partial charge in [0.25, 0.3) is 5.91 Å². The van der Waals surface area contributed by atoms with E-state index >= 15 is 0 Å². The van der Waals surface area contributed by atoms with Gasteiger partial charge in [0, 0.05) is 22.2 Å². The Labute approximate surface area is 180 Å². The van der Waals surface area contributed by atoms with E-state index in [1.165, 1.54) is 5.56 Å². The SMILES string of the molecule is Cc1ccc([C@@H](Nc2ccccn2)c2cc(C)sc2NC(=O)c2ccccc2)cc1. The summed E-state index contributed by atoms with van der Waals surface area (Å²) in [4.78, 5) is 18.4. The molecule has 30 heavy (non-hydrogen) atoms. The number of pyridine rings is 1. The molecule has 1 atom stereocenters. The quantitative estimate of drug-likeness (QED) is 0.395. The number of hydrogen-bond acceptors (Lipinski definition) is 4. The van der Waals surface area contributed by atoms with Gasteiger partial charge in [0.15, 0.2) is 0 Å². The summed E-state index contributed by atoms with van der Waals surface area (Å²) in [5.74, 6) is 0.673. The molecule has 2 aromatic heterocycles. The van der Waals surface area contributed by atoms with E-state index in [9.17, 15) is 4.79 Å². The van der Waals surface area contributed by atoms with Crippen LogP contribution in [0.25, 0.3) is 0 Å². The van der Waals surface area contributed by atoms with Crippen molar-refractivity contribution in [1.82, 2.24) is 4.98 Å². The zero-order valence-corrected chi connectivity index (χ0v) is 17.7. The number of anilines is 2. The fourth-order valence-corrected chi connectivity index (χ4v) is 4.25. The predicted molar refractivity (Wildman–Crippen MR) is 124 cm³/mol. The first-order valence-electron chi connectivity index (χ1n) is 9.81. The first-order valence-corrected chi connectivity index (χ1v) is 10.6. The summed E-state index contributed by atoms with van der Waals surface area (Å²) in [5.41, 5.74) is 3.98. The third-order valence-electron chi connectivity index (χ3n) is 4.83. The minimum absolute atomic E-state index is 0.112. The number of amides is 1. The van der Waals surface area contributed by atoms with E-state index in [4.69, 9.17) is 0 Å². The van der Waals surface area contributed by atoms with Gasteiger partial charge < -0.3 is 10.6 Å². The average molecular weight is 414 g/mol. The lowest BCUT2D eigenvalue weighted by Crippen LogP contribution is -2.17. The van der Waals surface area contributed by atoms with Crippen LogP contribution in [-0.2, 0) is 0 Å². The molecule has 1 amide bonds. The van der Waals surface area contributed by atoms with E-state index in [0.717, 1.165) is 26.8 Å². The Morgan fingerprint density at radius 3 is 2.37 bits per heavy atom. The van der Waals surface area contributed by atoms with Gasteiger partial charge in [-0.25, -0.2) is 4.98 Å². The molecule has 2 heterocycles. The maximum Gasteiger partial charge on any atom is 0.256 e. The van der Waals surface area contributed by atoms with Crippen molar-refractivity contribution in [2.75, 3.05) is 10.6 Å². The highest BCUT2D eigenvalue weighted by Gasteiger charge is 2.22. The molecule has 0 radical (unpaired) electrons. The number of aryl methyl sites for hydroxylation is 2. The van der Waals surface area contributed by atoms with Crippen LogP contribution >= 0.6 is 11.3 Å². The van der Waals surface area contributed by atoms with Crippen LogP contribution < -0.4 is 10.6 Å². The number of nitrogens with zero attached hydrogens (tertiary/aromatic N) is 1. The van der Waals surface area contributed by atoms with Crippen LogP contribution in [0.2, 0.25) is 0 Å². The first kappa shape index (κ1) is 19.9. The summed E-state index contributed by atoms with van der Waals surface area (Å²) < 4.78 is 0. The molecule has 0 spiro atoms. The number of aromatic nitrogens is 1. The normalized spacial score (nSPS) is 11.7. The van der Waals surface area contributed by atoms with Crippen LogP contribution in [0.3, 0.4) is 0 Å². The number of carbonyl (C=O) groups is 1. The molecule has 4 nitrogen and oxygen atoms in total. The largest absolute Gasteiger partial charge is 0.359 e. The van der Waals surface area contributed by atoms with E-state index in [2.05, 4.69) is 59.8 Å². The first-order chi connectivity index (χ1) is 14.6. The monoisotopic (exact) mass is 413 g/mol. The van der Waals surface area contributed by atoms with Gasteiger partial charge in [0.05, 0.1) is 6.04 Å². The molecule has 0 saturated carbocycles. The molecule has 4 aromatic rings. The Morgan fingerprint density at radius 1 is 0.933 bits per heavy atom. The number of carbonyl (C=O) groups excluding carboxylic acids is 1. The van der Waals surface area contributed by atoms with Crippen LogP contribution in [-0.4, -0.2) is 10.9 Å². The zero-order chi connectivity index (χ0) is 20.9. The van der Waals surface area contributed by atoms with Crippen LogP contribution in [0.1, 0.15) is 38.0 Å². The van der Waals surface area contributed by atoms with Gasteiger partial charge in [-0.2, -0.15) is 0 Å². The summed E-state index contributed by atoms with van der Waals surface area (Å²) >= 11 is 1.58. The molecule has 2 N–H and O–H groups in total. The van der Waals surface area contributed by atoms with Gasteiger partial charge in [-0.05, 0) is 49.7 Å². The Balaban J connectivity index is 1.71. The summed E-state index contributed by atoms with van der Waals surface area (Å²) in [6.07, 6.45) is 1.77. The maximum absolute atomic E-state index is 12.8. The van der Waals surface area contributed by atoms with Gasteiger partial charge in [0.2, 0.25) is 0 Å². The Hall–Kier alpha value is -3.44. The van der Waals surface area contributed by atoms with Gasteiger partial charge in [-0.3, -0.25) is 4.79 Å². The van der Waals surface area contributed by atoms with Crippen molar-refractivity contribution in [3.8, 4) is 0 Å². The van der Waals surface area contributed by atoms with Crippen molar-refractivity contribution in [3.63, 3.8) is 0 Å². The number of thiophene rings is 1. The van der Waals surface area contributed by atoms with E-state index < -0.39 is 0 Å². The van der Waals surface area contributed by atoms with Crippen LogP contribution in [0, 0.1) is 13.8 Å². The molecular weight excluding hydrogens is 390 g/mol. The molecule has 4 rings (SSSR count). The van der Waals surface area contributed by atoms with Crippen LogP contribution in [0.5, 0.6) is 0 Å². The summed E-state index contributed by atoms with van der Waals surface area (Å²) in [6.45, 7) is 4.13. The summed E-state index contributed by atoms with van der Waals surface area (Å²) in [7, 11) is 0. The van der Waals surface area contributed by atoms with Crippen molar-refractivity contribution in [2.24, 2.45) is 0 Å². The molecule has 0 fully saturated rings. The van der Waals surface area contributed by atoms with Gasteiger partial charge in [-0.15, -0.1) is 11.3 Å². The number of hydrogen-bond donors (Lipinski definition) is 2. The molecular formula is C25H23N3OS. The summed E-state index contributed by atoms with van der Waals surface area (Å²) in [6, 6.07) is 25.5. The molecule has 0 aliphatic heterocycles. The highest BCUT2D eigenvalue weighted by atomic mass is 32.1. The molecule has 0 saturated heterocycles. The van der Waals surface area contributed by atoms with Gasteiger partial charge >= 0.3 is 0 Å². The molecule has 0 unspecified atom stereocenters. The van der Waals surface area contributed by atoms with Gasteiger partial charge in [0.1, 0.15) is 10.8 Å². The third-order valence-corrected chi connectivity index (χ3v) is 5.81. The van der Waals surface area contributed by atoms with Crippen molar-refractivity contribution in [2.45, 2.75) is 19.9 Å². The Kier molecular flexibility index (Phi) is 5.91. The molecule has 0 aliphatic carbocycles. The standard InChI is InChI=1S/C25H23N3OS/c1-17-11-13-19(14-12-17)23(27-22-10-6-7-15-26-22)21-16-18(2)30-25(21)28-24(29)20-8-4-3-5-9-20/h3-16,23H,1-2H3,(H,26,27)(H,28,29)/t23-/m1/s1. The second-order valence-corrected chi connectivity index (χ2v) is 8.42. The van der Waals surface area contributed by atoms with E-state index in [1.807, 2.05) is 48.5 Å². The fraction of sp³-hybridized carbons (Fsp3) is 0.120. The third kappa shape index (κ3) is 4.58. The van der Waals surface area contributed by atoms with Crippen molar-refractivity contribution in [1.29, 1.82) is 0 Å². The smallest absolute Gasteiger partial charge is 0.256 e. The average Bonchev–Trinajstić information content (AvgIpc) is 3.13. The predicted octanol–water partition coefficient (Wildman–Crippen LogP) is 6.21. The van der Waals surface area contributed by atoms with Gasteiger partial charge in [-0.1, -0.05) is 54.1 Å². The van der Waals surface area contributed by atoms with Crippen LogP contribution in [0.15, 0.2) is 85.1 Å². The van der Waals surface area contributed by atoms with Crippen LogP contribution in [0.4, 0.5) is 10.8 Å².